The van der Waals surface area contributed by atoms with Gasteiger partial charge in [-0.25, -0.2) is 9.59 Å². The van der Waals surface area contributed by atoms with E-state index in [0.717, 1.165) is 12.8 Å². The quantitative estimate of drug-likeness (QED) is 0.246. The summed E-state index contributed by atoms with van der Waals surface area (Å²) in [6.45, 7) is 15.5. The minimum Gasteiger partial charge on any atom is -0.458 e. The Kier molecular flexibility index (Phi) is 8.77. The van der Waals surface area contributed by atoms with Crippen molar-refractivity contribution in [1.29, 1.82) is 0 Å². The van der Waals surface area contributed by atoms with E-state index in [1.165, 1.54) is 0 Å². The van der Waals surface area contributed by atoms with Crippen molar-refractivity contribution in [3.05, 3.63) is 12.2 Å². The van der Waals surface area contributed by atoms with Crippen LogP contribution >= 0.6 is 0 Å². The van der Waals surface area contributed by atoms with Crippen molar-refractivity contribution in [3.63, 3.8) is 0 Å². The Morgan fingerprint density at radius 3 is 1.76 bits per heavy atom. The molecule has 0 amide bonds. The number of rotatable bonds is 9. The Morgan fingerprint density at radius 2 is 1.40 bits per heavy atom. The molecule has 0 atom stereocenters. The SMILES string of the molecule is C=C(CNCCCCN)C(N)(C(=O)OC(C)(C)C)C(=O)OC(C)(C)C. The first-order valence-corrected chi connectivity index (χ1v) is 8.59. The highest BCUT2D eigenvalue weighted by molar-refractivity contribution is 6.08. The summed E-state index contributed by atoms with van der Waals surface area (Å²) in [7, 11) is 0. The van der Waals surface area contributed by atoms with Gasteiger partial charge in [-0.3, -0.25) is 0 Å². The molecule has 0 saturated heterocycles. The first kappa shape index (κ1) is 23.6. The van der Waals surface area contributed by atoms with Gasteiger partial charge < -0.3 is 26.3 Å². The van der Waals surface area contributed by atoms with Crippen LogP contribution in [-0.2, 0) is 19.1 Å². The normalized spacial score (nSPS) is 12.6. The van der Waals surface area contributed by atoms with E-state index in [9.17, 15) is 9.59 Å². The lowest BCUT2D eigenvalue weighted by atomic mass is 9.90. The summed E-state index contributed by atoms with van der Waals surface area (Å²) >= 11 is 0. The van der Waals surface area contributed by atoms with Crippen LogP contribution in [-0.4, -0.2) is 48.3 Å². The van der Waals surface area contributed by atoms with Crippen LogP contribution in [0.1, 0.15) is 54.4 Å². The van der Waals surface area contributed by atoms with E-state index in [-0.39, 0.29) is 12.1 Å². The first-order valence-electron chi connectivity index (χ1n) is 8.59. The molecule has 0 bridgehead atoms. The molecule has 0 unspecified atom stereocenters. The number of nitrogens with two attached hydrogens (primary N) is 2. The molecule has 0 aromatic carbocycles. The third kappa shape index (κ3) is 8.47. The topological polar surface area (TPSA) is 117 Å². The van der Waals surface area contributed by atoms with Crippen LogP contribution in [0.3, 0.4) is 0 Å². The van der Waals surface area contributed by atoms with Gasteiger partial charge >= 0.3 is 11.9 Å². The molecule has 5 N–H and O–H groups in total. The molecule has 7 nitrogen and oxygen atoms in total. The van der Waals surface area contributed by atoms with Gasteiger partial charge in [0, 0.05) is 6.54 Å². The van der Waals surface area contributed by atoms with Gasteiger partial charge in [0.25, 0.3) is 0 Å². The predicted octanol–water partition coefficient (Wildman–Crippen LogP) is 1.25. The molecule has 0 rings (SSSR count). The number of hydrogen-bond donors (Lipinski definition) is 3. The molecule has 7 heteroatoms. The summed E-state index contributed by atoms with van der Waals surface area (Å²) in [6.07, 6.45) is 1.76. The van der Waals surface area contributed by atoms with Gasteiger partial charge in [0.1, 0.15) is 11.2 Å². The molecule has 25 heavy (non-hydrogen) atoms. The number of carbonyl (C=O) groups excluding carboxylic acids is 2. The van der Waals surface area contributed by atoms with Crippen LogP contribution in [0.5, 0.6) is 0 Å². The monoisotopic (exact) mass is 357 g/mol. The third-order valence-corrected chi connectivity index (χ3v) is 3.15. The van der Waals surface area contributed by atoms with Gasteiger partial charge in [0.2, 0.25) is 5.54 Å². The molecular formula is C18H35N3O4. The zero-order valence-corrected chi connectivity index (χ0v) is 16.5. The fourth-order valence-electron chi connectivity index (χ4n) is 1.86. The van der Waals surface area contributed by atoms with Gasteiger partial charge in [-0.2, -0.15) is 0 Å². The zero-order valence-electron chi connectivity index (χ0n) is 16.5. The molecule has 0 saturated carbocycles. The van der Waals surface area contributed by atoms with Crippen LogP contribution in [0, 0.1) is 0 Å². The van der Waals surface area contributed by atoms with E-state index in [0.29, 0.717) is 13.1 Å². The maximum Gasteiger partial charge on any atom is 0.342 e. The average molecular weight is 357 g/mol. The standard InChI is InChI=1S/C18H35N3O4/c1-13(12-21-11-9-8-10-19)18(20,14(22)24-16(2,3)4)15(23)25-17(5,6)7/h21H,1,8-12,19-20H2,2-7H3. The second kappa shape index (κ2) is 9.31. The fourth-order valence-corrected chi connectivity index (χ4v) is 1.86. The number of esters is 2. The lowest BCUT2D eigenvalue weighted by molar-refractivity contribution is -0.174. The largest absolute Gasteiger partial charge is 0.458 e. The summed E-state index contributed by atoms with van der Waals surface area (Å²) < 4.78 is 10.7. The molecule has 0 aliphatic rings. The Bertz CT molecular complexity index is 448. The lowest BCUT2D eigenvalue weighted by Crippen LogP contribution is -2.61. The third-order valence-electron chi connectivity index (χ3n) is 3.15. The molecule has 0 aliphatic heterocycles. The maximum atomic E-state index is 12.6. The summed E-state index contributed by atoms with van der Waals surface area (Å²) in [5.74, 6) is -1.74. The van der Waals surface area contributed by atoms with Crippen molar-refractivity contribution in [3.8, 4) is 0 Å². The number of ether oxygens (including phenoxy) is 2. The average Bonchev–Trinajstić information content (AvgIpc) is 2.42. The van der Waals surface area contributed by atoms with Gasteiger partial charge in [0.05, 0.1) is 0 Å². The second-order valence-electron chi connectivity index (χ2n) is 8.09. The van der Waals surface area contributed by atoms with E-state index in [4.69, 9.17) is 20.9 Å². The predicted molar refractivity (Wildman–Crippen MR) is 98.9 cm³/mol. The summed E-state index contributed by atoms with van der Waals surface area (Å²) in [4.78, 5) is 25.3. The highest BCUT2D eigenvalue weighted by Gasteiger charge is 2.50. The van der Waals surface area contributed by atoms with Crippen LogP contribution in [0.15, 0.2) is 12.2 Å². The Labute approximate surface area is 151 Å². The van der Waals surface area contributed by atoms with Crippen LogP contribution < -0.4 is 16.8 Å². The van der Waals surface area contributed by atoms with E-state index in [1.54, 1.807) is 41.5 Å². The Balaban J connectivity index is 5.27. The smallest absolute Gasteiger partial charge is 0.342 e. The van der Waals surface area contributed by atoms with E-state index < -0.39 is 28.7 Å². The van der Waals surface area contributed by atoms with Crippen molar-refractivity contribution in [2.45, 2.75) is 71.1 Å². The van der Waals surface area contributed by atoms with Crippen molar-refractivity contribution in [1.82, 2.24) is 5.32 Å². The highest BCUT2D eigenvalue weighted by atomic mass is 16.6. The number of unbranched alkanes of at least 4 members (excludes halogenated alkanes) is 1. The number of carbonyl (C=O) groups is 2. The molecule has 146 valence electrons. The highest BCUT2D eigenvalue weighted by Crippen LogP contribution is 2.23. The molecule has 0 fully saturated rings. The maximum absolute atomic E-state index is 12.6. The van der Waals surface area contributed by atoms with E-state index >= 15 is 0 Å². The number of hydrogen-bond acceptors (Lipinski definition) is 7. The van der Waals surface area contributed by atoms with Gasteiger partial charge in [0.15, 0.2) is 0 Å². The lowest BCUT2D eigenvalue weighted by Gasteiger charge is -2.33. The fraction of sp³-hybridized carbons (Fsp3) is 0.778. The van der Waals surface area contributed by atoms with Crippen LogP contribution in [0.25, 0.3) is 0 Å². The first-order chi connectivity index (χ1) is 11.2. The summed E-state index contributed by atoms with van der Waals surface area (Å²) in [5.41, 5.74) is 8.17. The van der Waals surface area contributed by atoms with Crippen molar-refractivity contribution < 1.29 is 19.1 Å². The van der Waals surface area contributed by atoms with Gasteiger partial charge in [-0.05, 0) is 73.0 Å². The molecule has 0 spiro atoms. The molecular weight excluding hydrogens is 322 g/mol. The van der Waals surface area contributed by atoms with Crippen molar-refractivity contribution >= 4 is 11.9 Å². The van der Waals surface area contributed by atoms with Crippen LogP contribution in [0.4, 0.5) is 0 Å². The van der Waals surface area contributed by atoms with E-state index in [1.807, 2.05) is 0 Å². The Morgan fingerprint density at radius 1 is 0.960 bits per heavy atom. The molecule has 0 aliphatic carbocycles. The van der Waals surface area contributed by atoms with Crippen LogP contribution in [0.2, 0.25) is 0 Å². The zero-order chi connectivity index (χ0) is 19.9. The van der Waals surface area contributed by atoms with Gasteiger partial charge in [-0.1, -0.05) is 6.58 Å². The molecule has 0 aromatic rings. The molecule has 0 heterocycles. The summed E-state index contributed by atoms with van der Waals surface area (Å²) in [5, 5.41) is 3.11. The number of nitrogens with one attached hydrogen (secondary N) is 1. The Hall–Kier alpha value is -1.44. The van der Waals surface area contributed by atoms with Gasteiger partial charge in [-0.15, -0.1) is 0 Å². The molecule has 0 radical (unpaired) electrons. The molecule has 0 aromatic heterocycles. The van der Waals surface area contributed by atoms with Crippen molar-refractivity contribution in [2.24, 2.45) is 11.5 Å². The van der Waals surface area contributed by atoms with Crippen molar-refractivity contribution in [2.75, 3.05) is 19.6 Å². The second-order valence-corrected chi connectivity index (χ2v) is 8.09. The summed E-state index contributed by atoms with van der Waals surface area (Å²) in [6, 6.07) is 0. The van der Waals surface area contributed by atoms with E-state index in [2.05, 4.69) is 11.9 Å². The minimum absolute atomic E-state index is 0.194. The minimum atomic E-state index is -2.07.